The maximum atomic E-state index is 13.0. The molecule has 0 bridgehead atoms. The fourth-order valence-electron chi connectivity index (χ4n) is 13.7. The largest absolute Gasteiger partial charge is 0.472 e. The molecule has 5 atom stereocenters. The lowest BCUT2D eigenvalue weighted by molar-refractivity contribution is -0.161. The number of carbonyl (C=O) groups excluding carboxylic acids is 3. The van der Waals surface area contributed by atoms with Gasteiger partial charge >= 0.3 is 33.6 Å². The molecule has 0 radical (unpaired) electrons. The van der Waals surface area contributed by atoms with E-state index in [1.54, 1.807) is 0 Å². The van der Waals surface area contributed by atoms with Crippen LogP contribution >= 0.6 is 15.6 Å². The van der Waals surface area contributed by atoms with E-state index in [1.165, 1.54) is 257 Å². The van der Waals surface area contributed by atoms with Gasteiger partial charge in [-0.3, -0.25) is 32.5 Å². The minimum Gasteiger partial charge on any atom is -0.463 e. The van der Waals surface area contributed by atoms with Crippen LogP contribution in [0.2, 0.25) is 0 Å². The summed E-state index contributed by atoms with van der Waals surface area (Å²) in [7, 11) is -9.83. The molecule has 0 aliphatic carbocycles. The summed E-state index contributed by atoms with van der Waals surface area (Å²) < 4.78 is 61.4. The molecule has 0 aromatic heterocycles. The lowest BCUT2D eigenvalue weighted by Crippen LogP contribution is -2.30. The number of ether oxygens (including phenoxy) is 3. The van der Waals surface area contributed by atoms with Crippen molar-refractivity contribution in [2.45, 2.75) is 450 Å². The second-order valence-electron chi connectivity index (χ2n) is 33.2. The fourth-order valence-corrected chi connectivity index (χ4v) is 15.3. The summed E-state index contributed by atoms with van der Waals surface area (Å²) in [6, 6.07) is 0. The molecule has 0 aliphatic rings. The highest BCUT2D eigenvalue weighted by molar-refractivity contribution is 7.47. The van der Waals surface area contributed by atoms with Gasteiger partial charge in [-0.15, -0.1) is 0 Å². The number of hydrogen-bond acceptors (Lipinski definition) is 14. The Kier molecular flexibility index (Phi) is 92.5. The fraction of sp³-hybridized carbons (Fsp3) is 0.724. The van der Waals surface area contributed by atoms with Crippen LogP contribution in [0.3, 0.4) is 0 Å². The predicted octanol–water partition coefficient (Wildman–Crippen LogP) is 31.2. The Morgan fingerprint density at radius 1 is 0.236 bits per heavy atom. The molecule has 5 unspecified atom stereocenters. The van der Waals surface area contributed by atoms with E-state index >= 15 is 0 Å². The van der Waals surface area contributed by atoms with E-state index < -0.39 is 91.5 Å². The average molecular weight is 1760 g/mol. The SMILES string of the molecule is CC/C=C\C/C=C\C/C=C\C/C=C\C/C=C\CCCC(=O)OC(COC(=O)CCCCCCCCCCCCCCCCCCCCC/C=C\C/C=C\C/C=C\C/C=C\CCCCC)COP(=O)(O)OCC(O)COP(=O)(O)OCC(O)COC(=O)CCCCCCCCCCCCCCCCCCCCC/C=C\C/C=C\C/C=C\C/C=C\CCCCC. The number of phosphoric acid groups is 2. The van der Waals surface area contributed by atoms with E-state index in [1.807, 2.05) is 12.2 Å². The monoisotopic (exact) mass is 1760 g/mol. The van der Waals surface area contributed by atoms with Gasteiger partial charge in [0.15, 0.2) is 6.10 Å². The zero-order valence-electron chi connectivity index (χ0n) is 78.3. The van der Waals surface area contributed by atoms with Crippen LogP contribution in [0.15, 0.2) is 158 Å². The van der Waals surface area contributed by atoms with Crippen molar-refractivity contribution in [3.05, 3.63) is 158 Å². The van der Waals surface area contributed by atoms with Crippen LogP contribution < -0.4 is 0 Å². The summed E-state index contributed by atoms with van der Waals surface area (Å²) >= 11 is 0. The van der Waals surface area contributed by atoms with Gasteiger partial charge in [0, 0.05) is 19.3 Å². The van der Waals surface area contributed by atoms with Crippen LogP contribution in [0.4, 0.5) is 0 Å². The number of aliphatic hydroxyl groups is 2. The van der Waals surface area contributed by atoms with Gasteiger partial charge in [0.1, 0.15) is 25.4 Å². The first-order valence-corrected chi connectivity index (χ1v) is 52.8. The zero-order valence-corrected chi connectivity index (χ0v) is 80.1. The van der Waals surface area contributed by atoms with Crippen LogP contribution in [0.1, 0.15) is 432 Å². The van der Waals surface area contributed by atoms with Crippen LogP contribution in [-0.2, 0) is 55.8 Å². The number of hydrogen-bond donors (Lipinski definition) is 4. The molecule has 16 nitrogen and oxygen atoms in total. The molecule has 123 heavy (non-hydrogen) atoms. The van der Waals surface area contributed by atoms with E-state index in [4.69, 9.17) is 32.3 Å². The Hall–Kier alpha value is -4.83. The second kappa shape index (κ2) is 96.3. The molecule has 0 heterocycles. The molecule has 0 amide bonds. The summed E-state index contributed by atoms with van der Waals surface area (Å²) in [6.45, 7) is 2.50. The van der Waals surface area contributed by atoms with Crippen molar-refractivity contribution in [2.24, 2.45) is 0 Å². The Labute approximate surface area is 752 Å². The summed E-state index contributed by atoms with van der Waals surface area (Å²) in [5, 5.41) is 20.7. The van der Waals surface area contributed by atoms with Gasteiger partial charge < -0.3 is 34.2 Å². The highest BCUT2D eigenvalue weighted by Crippen LogP contribution is 2.45. The summed E-state index contributed by atoms with van der Waals surface area (Å²) in [6.07, 6.45) is 125. The maximum Gasteiger partial charge on any atom is 0.472 e. The van der Waals surface area contributed by atoms with Gasteiger partial charge in [0.25, 0.3) is 0 Å². The lowest BCUT2D eigenvalue weighted by atomic mass is 10.0. The van der Waals surface area contributed by atoms with Crippen molar-refractivity contribution < 1.29 is 75.8 Å². The number of esters is 3. The number of rotatable bonds is 94. The minimum absolute atomic E-state index is 0.0249. The van der Waals surface area contributed by atoms with E-state index in [0.717, 1.165) is 109 Å². The molecule has 708 valence electrons. The van der Waals surface area contributed by atoms with Crippen molar-refractivity contribution in [3.63, 3.8) is 0 Å². The Balaban J connectivity index is 4.45. The smallest absolute Gasteiger partial charge is 0.463 e. The first-order valence-electron chi connectivity index (χ1n) is 49.8. The third-order valence-corrected chi connectivity index (χ3v) is 23.1. The molecule has 0 aromatic carbocycles. The quantitative estimate of drug-likeness (QED) is 0.0146. The number of aliphatic hydroxyl groups excluding tert-OH is 2. The molecule has 0 saturated carbocycles. The molecule has 0 fully saturated rings. The summed E-state index contributed by atoms with van der Waals surface area (Å²) in [5.74, 6) is -1.63. The number of allylic oxidation sites excluding steroid dienone is 26. The van der Waals surface area contributed by atoms with Gasteiger partial charge in [-0.25, -0.2) is 9.13 Å². The van der Waals surface area contributed by atoms with Crippen molar-refractivity contribution >= 4 is 33.6 Å². The Bertz CT molecular complexity index is 2870. The molecular formula is C105H182O16P2. The second-order valence-corrected chi connectivity index (χ2v) is 36.1. The van der Waals surface area contributed by atoms with Crippen molar-refractivity contribution in [1.29, 1.82) is 0 Å². The van der Waals surface area contributed by atoms with Crippen molar-refractivity contribution in [1.82, 2.24) is 0 Å². The molecule has 0 spiro atoms. The molecule has 0 aliphatic heterocycles. The van der Waals surface area contributed by atoms with Crippen molar-refractivity contribution in [2.75, 3.05) is 39.6 Å². The summed E-state index contributed by atoms with van der Waals surface area (Å²) in [4.78, 5) is 59.0. The van der Waals surface area contributed by atoms with E-state index in [2.05, 4.69) is 167 Å². The first-order chi connectivity index (χ1) is 60.2. The number of carbonyl (C=O) groups is 3. The number of phosphoric ester groups is 2. The van der Waals surface area contributed by atoms with Crippen LogP contribution in [0, 0.1) is 0 Å². The van der Waals surface area contributed by atoms with Gasteiger partial charge in [-0.1, -0.05) is 423 Å². The topological polar surface area (TPSA) is 231 Å². The van der Waals surface area contributed by atoms with Gasteiger partial charge in [0.2, 0.25) is 0 Å². The van der Waals surface area contributed by atoms with Gasteiger partial charge in [0.05, 0.1) is 26.4 Å². The molecule has 4 N–H and O–H groups in total. The third kappa shape index (κ3) is 97.6. The minimum atomic E-state index is -4.96. The standard InChI is InChI=1S/C105H182O16P2/c1-4-7-10-13-16-19-22-25-28-31-33-35-37-39-41-43-45-47-49-51-53-55-57-59-61-63-65-68-70-73-76-79-82-85-88-91-103(108)115-94-100(106)95-117-122(111,112)118-96-101(107)97-119-123(113,114)120-99-102(121-105(110)93-90-87-84-81-78-75-72-67-30-27-24-21-18-15-12-9-6-3)98-116-104(109)92-89-86-83-80-77-74-71-69-66-64-62-60-58-56-54-52-50-48-46-44-42-40-38-36-34-32-29-26-23-20-17-14-11-8-5-2/h9,12,16-21,25-30,33-36,39-42,72,75,81,84,100-102,106-107H,4-8,10-11,13-15,22-24,31-32,37-38,43-71,73-74,76-80,82-83,85-99H2,1-3H3,(H,111,112)(H,113,114)/b12-9-,19-16-,20-17-,21-18-,28-25-,29-26-,30-27-,35-33-,36-34-,41-39-,42-40-,75-72-,84-81-. The molecular weight excluding hydrogens is 1580 g/mol. The van der Waals surface area contributed by atoms with Crippen LogP contribution in [0.25, 0.3) is 0 Å². The highest BCUT2D eigenvalue weighted by atomic mass is 31.2. The third-order valence-electron chi connectivity index (χ3n) is 21.2. The Morgan fingerprint density at radius 2 is 0.439 bits per heavy atom. The van der Waals surface area contributed by atoms with Crippen LogP contribution in [-0.4, -0.2) is 95.9 Å². The number of unbranched alkanes of at least 4 members (excludes halogenated alkanes) is 45. The summed E-state index contributed by atoms with van der Waals surface area (Å²) in [5.41, 5.74) is 0. The highest BCUT2D eigenvalue weighted by Gasteiger charge is 2.30. The maximum absolute atomic E-state index is 13.0. The van der Waals surface area contributed by atoms with E-state index in [9.17, 15) is 43.5 Å². The van der Waals surface area contributed by atoms with Crippen molar-refractivity contribution in [3.8, 4) is 0 Å². The zero-order chi connectivity index (χ0) is 89.3. The first kappa shape index (κ1) is 118. The Morgan fingerprint density at radius 3 is 0.707 bits per heavy atom. The van der Waals surface area contributed by atoms with Gasteiger partial charge in [-0.05, 0) is 148 Å². The molecule has 0 rings (SSSR count). The van der Waals surface area contributed by atoms with Gasteiger partial charge in [-0.2, -0.15) is 0 Å². The molecule has 18 heteroatoms. The average Bonchev–Trinajstić information content (AvgIpc) is 0.897. The van der Waals surface area contributed by atoms with E-state index in [-0.39, 0.29) is 19.3 Å². The molecule has 0 saturated heterocycles. The normalized spacial score (nSPS) is 14.4. The lowest BCUT2D eigenvalue weighted by Gasteiger charge is -2.21. The molecule has 0 aromatic rings. The predicted molar refractivity (Wildman–Crippen MR) is 519 cm³/mol. The van der Waals surface area contributed by atoms with E-state index in [0.29, 0.717) is 25.7 Å². The van der Waals surface area contributed by atoms with Crippen LogP contribution in [0.5, 0.6) is 0 Å².